The lowest BCUT2D eigenvalue weighted by molar-refractivity contribution is -0.128. The van der Waals surface area contributed by atoms with E-state index in [4.69, 9.17) is 0 Å². The summed E-state index contributed by atoms with van der Waals surface area (Å²) in [6.45, 7) is 4.17. The van der Waals surface area contributed by atoms with Gasteiger partial charge in [0.2, 0.25) is 11.8 Å². The summed E-state index contributed by atoms with van der Waals surface area (Å²) in [5, 5.41) is 8.03. The van der Waals surface area contributed by atoms with Crippen LogP contribution in [-0.4, -0.2) is 35.9 Å². The van der Waals surface area contributed by atoms with Crippen molar-refractivity contribution < 1.29 is 9.59 Å². The number of halogens is 1. The highest BCUT2D eigenvalue weighted by molar-refractivity contribution is 6.01. The number of carbonyl (C=O) groups is 2. The number of amides is 2. The zero-order valence-corrected chi connectivity index (χ0v) is 19.4. The molecule has 1 unspecified atom stereocenters. The van der Waals surface area contributed by atoms with E-state index in [9.17, 15) is 9.59 Å². The third-order valence-electron chi connectivity index (χ3n) is 6.13. The Balaban J connectivity index is 0.00000289. The second kappa shape index (κ2) is 10.1. The molecular weight excluding hydrogens is 424 g/mol. The summed E-state index contributed by atoms with van der Waals surface area (Å²) < 4.78 is 0. The second-order valence-electron chi connectivity index (χ2n) is 8.07. The van der Waals surface area contributed by atoms with Crippen molar-refractivity contribution in [2.24, 2.45) is 0 Å². The number of hydrogen-bond donors (Lipinski definition) is 2. The fourth-order valence-electron chi connectivity index (χ4n) is 4.12. The maximum atomic E-state index is 13.7. The number of anilines is 1. The molecule has 4 rings (SSSR count). The third kappa shape index (κ3) is 4.61. The summed E-state index contributed by atoms with van der Waals surface area (Å²) in [5.41, 5.74) is 3.94. The van der Waals surface area contributed by atoms with E-state index in [1.54, 1.807) is 14.0 Å². The lowest BCUT2D eigenvalue weighted by Crippen LogP contribution is -2.52. The second-order valence-corrected chi connectivity index (χ2v) is 8.07. The summed E-state index contributed by atoms with van der Waals surface area (Å²) in [7, 11) is 1.73. The molecule has 1 aliphatic rings. The number of nitrogens with one attached hydrogen (secondary N) is 2. The van der Waals surface area contributed by atoms with E-state index in [-0.39, 0.29) is 30.3 Å². The van der Waals surface area contributed by atoms with Crippen LogP contribution < -0.4 is 15.5 Å². The van der Waals surface area contributed by atoms with E-state index >= 15 is 0 Å². The average Bonchev–Trinajstić information content (AvgIpc) is 2.92. The third-order valence-corrected chi connectivity index (χ3v) is 6.13. The number of nitrogens with zero attached hydrogens (tertiary/aromatic N) is 2. The van der Waals surface area contributed by atoms with E-state index in [1.165, 1.54) is 0 Å². The molecule has 2 amide bonds. The van der Waals surface area contributed by atoms with Gasteiger partial charge in [0.1, 0.15) is 6.04 Å². The fraction of sp³-hybridized carbons (Fsp3) is 0.320. The Morgan fingerprint density at radius 2 is 1.91 bits per heavy atom. The molecule has 168 valence electrons. The highest BCUT2D eigenvalue weighted by atomic mass is 35.5. The molecule has 0 bridgehead atoms. The van der Waals surface area contributed by atoms with Gasteiger partial charge in [-0.3, -0.25) is 14.6 Å². The standard InChI is InChI=1S/C25H28N4O2.ClH/c1-16-21(20-10-6-4-9-19(20)14-27-16)15-29-23-11-7-5-8-18(23)12-13-22(25(29)31)28-24(30)17(2)26-3;/h4-11,14,17,22,26H,12-13,15H2,1-3H3,(H,28,30);1H/t17-,22?;/m0./s1. The minimum atomic E-state index is -0.570. The molecule has 2 heterocycles. The molecule has 1 aliphatic heterocycles. The summed E-state index contributed by atoms with van der Waals surface area (Å²) in [6.07, 6.45) is 3.17. The van der Waals surface area contributed by atoms with Crippen LogP contribution in [0.4, 0.5) is 5.69 Å². The van der Waals surface area contributed by atoms with Crippen molar-refractivity contribution in [2.45, 2.75) is 45.3 Å². The minimum Gasteiger partial charge on any atom is -0.343 e. The predicted molar refractivity (Wildman–Crippen MR) is 130 cm³/mol. The van der Waals surface area contributed by atoms with E-state index in [0.29, 0.717) is 13.0 Å². The molecular formula is C25H29ClN4O2. The molecule has 0 spiro atoms. The minimum absolute atomic E-state index is 0. The maximum absolute atomic E-state index is 13.7. The first kappa shape index (κ1) is 23.7. The first-order chi connectivity index (χ1) is 15.0. The number of likely N-dealkylation sites (N-methyl/N-ethyl adjacent to an activating group) is 1. The topological polar surface area (TPSA) is 74.3 Å². The van der Waals surface area contributed by atoms with Crippen LogP contribution in [0.5, 0.6) is 0 Å². The monoisotopic (exact) mass is 452 g/mol. The van der Waals surface area contributed by atoms with Crippen molar-refractivity contribution in [1.82, 2.24) is 15.6 Å². The van der Waals surface area contributed by atoms with Crippen LogP contribution >= 0.6 is 12.4 Å². The van der Waals surface area contributed by atoms with Gasteiger partial charge in [-0.25, -0.2) is 0 Å². The Kier molecular flexibility index (Phi) is 7.48. The summed E-state index contributed by atoms with van der Waals surface area (Å²) in [5.74, 6) is -0.260. The normalized spacial score (nSPS) is 16.7. The number of aromatic nitrogens is 1. The van der Waals surface area contributed by atoms with Crippen LogP contribution in [0, 0.1) is 6.92 Å². The highest BCUT2D eigenvalue weighted by Gasteiger charge is 2.32. The lowest BCUT2D eigenvalue weighted by atomic mass is 10.0. The summed E-state index contributed by atoms with van der Waals surface area (Å²) in [6, 6.07) is 15.2. The predicted octanol–water partition coefficient (Wildman–Crippen LogP) is 3.54. The van der Waals surface area contributed by atoms with Gasteiger partial charge in [-0.05, 0) is 50.8 Å². The number of pyridine rings is 1. The number of rotatable bonds is 5. The molecule has 1 aromatic heterocycles. The van der Waals surface area contributed by atoms with Gasteiger partial charge in [-0.1, -0.05) is 42.5 Å². The van der Waals surface area contributed by atoms with E-state index in [1.807, 2.05) is 54.4 Å². The van der Waals surface area contributed by atoms with Gasteiger partial charge in [-0.15, -0.1) is 12.4 Å². The zero-order valence-electron chi connectivity index (χ0n) is 18.6. The molecule has 0 saturated carbocycles. The molecule has 0 fully saturated rings. The lowest BCUT2D eigenvalue weighted by Gasteiger charge is -2.28. The Hall–Kier alpha value is -2.96. The summed E-state index contributed by atoms with van der Waals surface area (Å²) in [4.78, 5) is 32.6. The Labute approximate surface area is 194 Å². The van der Waals surface area contributed by atoms with Crippen molar-refractivity contribution in [3.8, 4) is 0 Å². The number of carbonyl (C=O) groups excluding carboxylic acids is 2. The Morgan fingerprint density at radius 3 is 2.69 bits per heavy atom. The van der Waals surface area contributed by atoms with Crippen LogP contribution in [0.15, 0.2) is 54.7 Å². The first-order valence-electron chi connectivity index (χ1n) is 10.7. The van der Waals surface area contributed by atoms with Crippen LogP contribution in [-0.2, 0) is 22.6 Å². The molecule has 7 heteroatoms. The molecule has 3 aromatic rings. The number of benzene rings is 2. The molecule has 0 aliphatic carbocycles. The van der Waals surface area contributed by atoms with E-state index < -0.39 is 6.04 Å². The van der Waals surface area contributed by atoms with Gasteiger partial charge in [-0.2, -0.15) is 0 Å². The van der Waals surface area contributed by atoms with Crippen LogP contribution in [0.2, 0.25) is 0 Å². The van der Waals surface area contributed by atoms with Crippen LogP contribution in [0.3, 0.4) is 0 Å². The Bertz CT molecular complexity index is 1130. The van der Waals surface area contributed by atoms with E-state index in [2.05, 4.69) is 27.8 Å². The number of para-hydroxylation sites is 1. The number of fused-ring (bicyclic) bond motifs is 2. The largest absolute Gasteiger partial charge is 0.343 e. The highest BCUT2D eigenvalue weighted by Crippen LogP contribution is 2.31. The molecule has 6 nitrogen and oxygen atoms in total. The molecule has 32 heavy (non-hydrogen) atoms. The first-order valence-corrected chi connectivity index (χ1v) is 10.7. The molecule has 2 aromatic carbocycles. The summed E-state index contributed by atoms with van der Waals surface area (Å²) >= 11 is 0. The molecule has 2 atom stereocenters. The average molecular weight is 453 g/mol. The van der Waals surface area contributed by atoms with Gasteiger partial charge in [0.05, 0.1) is 12.6 Å². The smallest absolute Gasteiger partial charge is 0.249 e. The van der Waals surface area contributed by atoms with Crippen molar-refractivity contribution in [2.75, 3.05) is 11.9 Å². The van der Waals surface area contributed by atoms with Gasteiger partial charge in [0.15, 0.2) is 0 Å². The van der Waals surface area contributed by atoms with Crippen LogP contribution in [0.1, 0.15) is 30.2 Å². The van der Waals surface area contributed by atoms with Crippen molar-refractivity contribution in [3.05, 3.63) is 71.5 Å². The quantitative estimate of drug-likeness (QED) is 0.621. The molecule has 2 N–H and O–H groups in total. The fourth-order valence-corrected chi connectivity index (χ4v) is 4.12. The van der Waals surface area contributed by atoms with Crippen LogP contribution in [0.25, 0.3) is 10.8 Å². The van der Waals surface area contributed by atoms with Gasteiger partial charge in [0.25, 0.3) is 0 Å². The Morgan fingerprint density at radius 1 is 1.19 bits per heavy atom. The zero-order chi connectivity index (χ0) is 22.0. The van der Waals surface area contributed by atoms with E-state index in [0.717, 1.165) is 39.7 Å². The van der Waals surface area contributed by atoms with Crippen molar-refractivity contribution >= 4 is 40.7 Å². The maximum Gasteiger partial charge on any atom is 0.249 e. The SMILES string of the molecule is CN[C@@H](C)C(=O)NC1CCc2ccccc2N(Cc2c(C)ncc3ccccc23)C1=O.Cl. The van der Waals surface area contributed by atoms with Crippen molar-refractivity contribution in [3.63, 3.8) is 0 Å². The number of aryl methyl sites for hydroxylation is 2. The molecule has 0 saturated heterocycles. The van der Waals surface area contributed by atoms with Gasteiger partial charge in [0, 0.05) is 28.5 Å². The van der Waals surface area contributed by atoms with Crippen molar-refractivity contribution in [1.29, 1.82) is 0 Å². The number of hydrogen-bond acceptors (Lipinski definition) is 4. The van der Waals surface area contributed by atoms with Gasteiger partial charge >= 0.3 is 0 Å². The molecule has 0 radical (unpaired) electrons. The van der Waals surface area contributed by atoms with Gasteiger partial charge < -0.3 is 15.5 Å².